The molecule has 0 saturated heterocycles. The molecule has 2 N–H and O–H groups in total. The first kappa shape index (κ1) is 15.5. The first-order valence-electron chi connectivity index (χ1n) is 6.60. The Morgan fingerprint density at radius 3 is 2.67 bits per heavy atom. The largest absolute Gasteiger partial charge is 0.398 e. The van der Waals surface area contributed by atoms with Gasteiger partial charge in [-0.2, -0.15) is 0 Å². The van der Waals surface area contributed by atoms with Gasteiger partial charge in [-0.25, -0.2) is 4.39 Å². The summed E-state index contributed by atoms with van der Waals surface area (Å²) in [7, 11) is 0. The highest BCUT2D eigenvalue weighted by Crippen LogP contribution is 2.21. The smallest absolute Gasteiger partial charge is 0.256 e. The molecule has 2 aromatic carbocycles. The lowest BCUT2D eigenvalue weighted by atomic mass is 10.1. The summed E-state index contributed by atoms with van der Waals surface area (Å²) in [5.74, 6) is -0.467. The highest BCUT2D eigenvalue weighted by atomic mass is 79.9. The second-order valence-electron chi connectivity index (χ2n) is 4.68. The van der Waals surface area contributed by atoms with Gasteiger partial charge in [0.15, 0.2) is 0 Å². The molecule has 0 aliphatic heterocycles. The van der Waals surface area contributed by atoms with Crippen molar-refractivity contribution >= 4 is 27.5 Å². The number of nitrogens with two attached hydrogens (primary N) is 1. The van der Waals surface area contributed by atoms with Gasteiger partial charge in [0, 0.05) is 23.2 Å². The van der Waals surface area contributed by atoms with E-state index in [-0.39, 0.29) is 11.7 Å². The lowest BCUT2D eigenvalue weighted by Crippen LogP contribution is -2.30. The van der Waals surface area contributed by atoms with E-state index in [0.29, 0.717) is 24.3 Å². The lowest BCUT2D eigenvalue weighted by molar-refractivity contribution is 0.0753. The molecule has 2 aromatic rings. The molecule has 0 aliphatic carbocycles. The van der Waals surface area contributed by atoms with E-state index < -0.39 is 0 Å². The highest BCUT2D eigenvalue weighted by Gasteiger charge is 2.17. The molecule has 0 unspecified atom stereocenters. The van der Waals surface area contributed by atoms with Gasteiger partial charge in [0.05, 0.1) is 5.56 Å². The number of anilines is 1. The van der Waals surface area contributed by atoms with Gasteiger partial charge in [-0.05, 0) is 42.8 Å². The summed E-state index contributed by atoms with van der Waals surface area (Å²) < 4.78 is 14.0. The number of benzene rings is 2. The van der Waals surface area contributed by atoms with Crippen molar-refractivity contribution in [1.29, 1.82) is 0 Å². The van der Waals surface area contributed by atoms with Gasteiger partial charge in [-0.1, -0.05) is 28.1 Å². The SMILES string of the molecule is CCN(Cc1cccc(F)c1)C(=O)c1ccc(Br)cc1N. The standard InChI is InChI=1S/C16H16BrFN2O/c1-2-20(10-11-4-3-5-13(18)8-11)16(21)14-7-6-12(17)9-15(14)19/h3-9H,2,10,19H2,1H3. The van der Waals surface area contributed by atoms with Gasteiger partial charge >= 0.3 is 0 Å². The van der Waals surface area contributed by atoms with Crippen LogP contribution in [0.25, 0.3) is 0 Å². The third kappa shape index (κ3) is 3.82. The maximum Gasteiger partial charge on any atom is 0.256 e. The normalized spacial score (nSPS) is 10.4. The monoisotopic (exact) mass is 350 g/mol. The fourth-order valence-corrected chi connectivity index (χ4v) is 2.46. The Morgan fingerprint density at radius 2 is 2.05 bits per heavy atom. The molecular weight excluding hydrogens is 335 g/mol. The molecule has 110 valence electrons. The number of rotatable bonds is 4. The second kappa shape index (κ2) is 6.72. The van der Waals surface area contributed by atoms with Crippen LogP contribution in [0.15, 0.2) is 46.9 Å². The fourth-order valence-electron chi connectivity index (χ4n) is 2.08. The van der Waals surface area contributed by atoms with E-state index in [0.717, 1.165) is 10.0 Å². The van der Waals surface area contributed by atoms with Crippen molar-refractivity contribution in [3.63, 3.8) is 0 Å². The average Bonchev–Trinajstić information content (AvgIpc) is 2.44. The van der Waals surface area contributed by atoms with Crippen molar-refractivity contribution in [2.75, 3.05) is 12.3 Å². The lowest BCUT2D eigenvalue weighted by Gasteiger charge is -2.22. The van der Waals surface area contributed by atoms with E-state index >= 15 is 0 Å². The van der Waals surface area contributed by atoms with E-state index in [4.69, 9.17) is 5.73 Å². The van der Waals surface area contributed by atoms with Crippen molar-refractivity contribution in [1.82, 2.24) is 4.90 Å². The number of hydrogen-bond donors (Lipinski definition) is 1. The number of nitrogens with zero attached hydrogens (tertiary/aromatic N) is 1. The minimum absolute atomic E-state index is 0.160. The summed E-state index contributed by atoms with van der Waals surface area (Å²) in [6.45, 7) is 2.75. The average molecular weight is 351 g/mol. The molecule has 0 atom stereocenters. The van der Waals surface area contributed by atoms with Crippen LogP contribution in [-0.2, 0) is 6.54 Å². The molecule has 0 radical (unpaired) electrons. The number of nitrogen functional groups attached to an aromatic ring is 1. The highest BCUT2D eigenvalue weighted by molar-refractivity contribution is 9.10. The Morgan fingerprint density at radius 1 is 1.29 bits per heavy atom. The third-order valence-electron chi connectivity index (χ3n) is 3.18. The van der Waals surface area contributed by atoms with Gasteiger partial charge in [0.2, 0.25) is 0 Å². The zero-order valence-corrected chi connectivity index (χ0v) is 13.2. The zero-order chi connectivity index (χ0) is 15.4. The van der Waals surface area contributed by atoms with Crippen LogP contribution in [0.4, 0.5) is 10.1 Å². The first-order chi connectivity index (χ1) is 10.0. The predicted octanol–water partition coefficient (Wildman–Crippen LogP) is 3.83. The van der Waals surface area contributed by atoms with Crippen LogP contribution in [0, 0.1) is 5.82 Å². The number of carbonyl (C=O) groups excluding carboxylic acids is 1. The maximum absolute atomic E-state index is 13.2. The zero-order valence-electron chi connectivity index (χ0n) is 11.6. The number of amides is 1. The molecule has 0 spiro atoms. The summed E-state index contributed by atoms with van der Waals surface area (Å²) >= 11 is 3.31. The first-order valence-corrected chi connectivity index (χ1v) is 7.39. The predicted molar refractivity (Wildman–Crippen MR) is 85.4 cm³/mol. The summed E-state index contributed by atoms with van der Waals surface area (Å²) in [6.07, 6.45) is 0. The van der Waals surface area contributed by atoms with Gasteiger partial charge < -0.3 is 10.6 Å². The van der Waals surface area contributed by atoms with E-state index in [1.807, 2.05) is 6.92 Å². The molecule has 0 fully saturated rings. The second-order valence-corrected chi connectivity index (χ2v) is 5.60. The molecule has 1 amide bonds. The van der Waals surface area contributed by atoms with Crippen molar-refractivity contribution in [3.05, 3.63) is 63.9 Å². The van der Waals surface area contributed by atoms with E-state index in [1.165, 1.54) is 12.1 Å². The summed E-state index contributed by atoms with van der Waals surface area (Å²) in [5.41, 5.74) is 7.52. The Kier molecular flexibility index (Phi) is 4.96. The molecule has 0 aromatic heterocycles. The van der Waals surface area contributed by atoms with Crippen LogP contribution in [-0.4, -0.2) is 17.4 Å². The molecular formula is C16H16BrFN2O. The molecule has 0 heterocycles. The van der Waals surface area contributed by atoms with Crippen molar-refractivity contribution in [2.24, 2.45) is 0 Å². The summed E-state index contributed by atoms with van der Waals surface area (Å²) in [6, 6.07) is 11.4. The number of hydrogen-bond acceptors (Lipinski definition) is 2. The van der Waals surface area contributed by atoms with Crippen LogP contribution in [0.1, 0.15) is 22.8 Å². The fraction of sp³-hybridized carbons (Fsp3) is 0.188. The van der Waals surface area contributed by atoms with Crippen molar-refractivity contribution in [3.8, 4) is 0 Å². The molecule has 0 saturated carbocycles. The Hall–Kier alpha value is -1.88. The van der Waals surface area contributed by atoms with Gasteiger partial charge in [-0.15, -0.1) is 0 Å². The van der Waals surface area contributed by atoms with E-state index in [9.17, 15) is 9.18 Å². The van der Waals surface area contributed by atoms with Crippen molar-refractivity contribution in [2.45, 2.75) is 13.5 Å². The van der Waals surface area contributed by atoms with Crippen LogP contribution in [0.2, 0.25) is 0 Å². The molecule has 5 heteroatoms. The van der Waals surface area contributed by atoms with E-state index in [2.05, 4.69) is 15.9 Å². The topological polar surface area (TPSA) is 46.3 Å². The molecule has 2 rings (SSSR count). The van der Waals surface area contributed by atoms with Gasteiger partial charge in [0.25, 0.3) is 5.91 Å². The Balaban J connectivity index is 2.22. The molecule has 3 nitrogen and oxygen atoms in total. The van der Waals surface area contributed by atoms with Crippen LogP contribution >= 0.6 is 15.9 Å². The quantitative estimate of drug-likeness (QED) is 0.851. The van der Waals surface area contributed by atoms with Crippen LogP contribution < -0.4 is 5.73 Å². The van der Waals surface area contributed by atoms with E-state index in [1.54, 1.807) is 35.2 Å². The minimum atomic E-state index is -0.306. The van der Waals surface area contributed by atoms with Gasteiger partial charge in [-0.3, -0.25) is 4.79 Å². The third-order valence-corrected chi connectivity index (χ3v) is 3.67. The number of carbonyl (C=O) groups is 1. The minimum Gasteiger partial charge on any atom is -0.398 e. The number of halogens is 2. The summed E-state index contributed by atoms with van der Waals surface area (Å²) in [4.78, 5) is 14.2. The van der Waals surface area contributed by atoms with Crippen LogP contribution in [0.5, 0.6) is 0 Å². The van der Waals surface area contributed by atoms with Gasteiger partial charge in [0.1, 0.15) is 5.82 Å². The summed E-state index contributed by atoms with van der Waals surface area (Å²) in [5, 5.41) is 0. The van der Waals surface area contributed by atoms with Crippen LogP contribution in [0.3, 0.4) is 0 Å². The Labute approximate surface area is 131 Å². The molecule has 0 bridgehead atoms. The molecule has 21 heavy (non-hydrogen) atoms. The van der Waals surface area contributed by atoms with Crippen molar-refractivity contribution < 1.29 is 9.18 Å². The molecule has 0 aliphatic rings. The maximum atomic E-state index is 13.2. The Bertz CT molecular complexity index is 660.